The molecule has 2 saturated carbocycles. The highest BCUT2D eigenvalue weighted by Gasteiger charge is 2.56. The van der Waals surface area contributed by atoms with Crippen LogP contribution in [0.3, 0.4) is 0 Å². The van der Waals surface area contributed by atoms with Crippen molar-refractivity contribution in [1.82, 2.24) is 29.4 Å². The number of urea groups is 2. The topological polar surface area (TPSA) is 139 Å². The lowest BCUT2D eigenvalue weighted by atomic mass is 9.68. The number of hydrogen-bond acceptors (Lipinski definition) is 8. The maximum Gasteiger partial charge on any atom is 0.320 e. The van der Waals surface area contributed by atoms with Gasteiger partial charge in [-0.25, -0.2) is 9.59 Å². The van der Waals surface area contributed by atoms with Gasteiger partial charge in [0.05, 0.1) is 28.0 Å². The first-order valence-electron chi connectivity index (χ1n) is 23.1. The lowest BCUT2D eigenvalue weighted by molar-refractivity contribution is -0.126. The Balaban J connectivity index is 0.000000238. The Morgan fingerprint density at radius 2 is 1.03 bits per heavy atom. The third-order valence-corrected chi connectivity index (χ3v) is 15.1. The molecule has 0 aromatic heterocycles. The van der Waals surface area contributed by atoms with E-state index >= 15 is 0 Å². The standard InChI is InChI=1S/C25H40N4O3.C25H38N4O2/c1-23(2,21(26)30)18-28-19-24(29(22(28)31)16-9-17-32-5)12-14-25(15-13-24,27(3)4)20-10-7-6-8-11-20;1-23(2,18-26)19-28-20-24(29(22(28)30)16-9-17-31-5)12-14-25(15-13-24,27(3)4)21-10-7-6-8-11-21/h6-8,10-11H,9,12-19H2,1-5H3,(H2,26,30);6-8,10-11H,9,12-17,19-20H2,1-5H3. The fourth-order valence-corrected chi connectivity index (χ4v) is 11.1. The number of nitriles is 1. The van der Waals surface area contributed by atoms with Gasteiger partial charge in [-0.05, 0) is 131 Å². The van der Waals surface area contributed by atoms with Gasteiger partial charge in [-0.2, -0.15) is 5.26 Å². The van der Waals surface area contributed by atoms with E-state index < -0.39 is 10.8 Å². The highest BCUT2D eigenvalue weighted by molar-refractivity contribution is 5.83. The van der Waals surface area contributed by atoms with Crippen molar-refractivity contribution in [3.63, 3.8) is 0 Å². The summed E-state index contributed by atoms with van der Waals surface area (Å²) < 4.78 is 10.5. The molecule has 4 aliphatic rings. The van der Waals surface area contributed by atoms with Crippen LogP contribution in [0.4, 0.5) is 9.59 Å². The maximum atomic E-state index is 13.5. The van der Waals surface area contributed by atoms with Crippen LogP contribution in [0.2, 0.25) is 0 Å². The van der Waals surface area contributed by atoms with Crippen LogP contribution in [0, 0.1) is 22.2 Å². The van der Waals surface area contributed by atoms with Crippen molar-refractivity contribution in [2.24, 2.45) is 16.6 Å². The van der Waals surface area contributed by atoms with E-state index in [1.807, 2.05) is 37.5 Å². The van der Waals surface area contributed by atoms with E-state index in [1.165, 1.54) is 11.1 Å². The van der Waals surface area contributed by atoms with Gasteiger partial charge in [-0.1, -0.05) is 60.7 Å². The minimum absolute atomic E-state index is 0.00684. The number of benzene rings is 2. The molecule has 0 radical (unpaired) electrons. The molecule has 0 atom stereocenters. The molecule has 2 heterocycles. The Kier molecular flexibility index (Phi) is 16.0. The van der Waals surface area contributed by atoms with Crippen LogP contribution >= 0.6 is 0 Å². The van der Waals surface area contributed by atoms with Gasteiger partial charge in [-0.3, -0.25) is 14.6 Å². The van der Waals surface area contributed by atoms with E-state index in [9.17, 15) is 19.6 Å². The highest BCUT2D eigenvalue weighted by atomic mass is 16.5. The Labute approximate surface area is 378 Å². The largest absolute Gasteiger partial charge is 0.385 e. The van der Waals surface area contributed by atoms with Gasteiger partial charge in [0.2, 0.25) is 5.91 Å². The normalized spacial score (nSPS) is 26.5. The van der Waals surface area contributed by atoms with Crippen LogP contribution in [0.15, 0.2) is 60.7 Å². The molecule has 2 spiro atoms. The second-order valence-electron chi connectivity index (χ2n) is 20.5. The monoisotopic (exact) mass is 871 g/mol. The summed E-state index contributed by atoms with van der Waals surface area (Å²) in [5, 5.41) is 9.51. The van der Waals surface area contributed by atoms with Crippen molar-refractivity contribution in [2.75, 3.05) is 94.9 Å². The Hall–Kier alpha value is -4.22. The van der Waals surface area contributed by atoms with Crippen LogP contribution in [0.5, 0.6) is 0 Å². The molecule has 0 bridgehead atoms. The summed E-state index contributed by atoms with van der Waals surface area (Å²) in [6.45, 7) is 12.3. The predicted molar refractivity (Wildman–Crippen MR) is 249 cm³/mol. The molecule has 0 unspecified atom stereocenters. The van der Waals surface area contributed by atoms with E-state index in [0.29, 0.717) is 52.5 Å². The number of nitrogens with two attached hydrogens (primary N) is 1. The van der Waals surface area contributed by atoms with Gasteiger partial charge in [0.1, 0.15) is 0 Å². The van der Waals surface area contributed by atoms with Crippen molar-refractivity contribution in [3.8, 4) is 6.07 Å². The number of methoxy groups -OCH3 is 2. The summed E-state index contributed by atoms with van der Waals surface area (Å²) in [6.07, 6.45) is 9.37. The van der Waals surface area contributed by atoms with Crippen molar-refractivity contribution >= 4 is 18.0 Å². The number of nitrogens with zero attached hydrogens (tertiary/aromatic N) is 7. The maximum absolute atomic E-state index is 13.5. The van der Waals surface area contributed by atoms with Gasteiger partial charge < -0.3 is 34.8 Å². The second-order valence-corrected chi connectivity index (χ2v) is 20.5. The average Bonchev–Trinajstić information content (AvgIpc) is 3.65. The Morgan fingerprint density at radius 1 is 0.667 bits per heavy atom. The van der Waals surface area contributed by atoms with Crippen molar-refractivity contribution in [1.29, 1.82) is 5.26 Å². The first-order valence-corrected chi connectivity index (χ1v) is 23.1. The Bertz CT molecular complexity index is 1860. The quantitative estimate of drug-likeness (QED) is 0.166. The first kappa shape index (κ1) is 49.8. The van der Waals surface area contributed by atoms with Crippen LogP contribution < -0.4 is 5.73 Å². The molecular weight excluding hydrogens is 793 g/mol. The molecule has 13 nitrogen and oxygen atoms in total. The fraction of sp³-hybridized carbons (Fsp3) is 0.680. The molecule has 2 aromatic rings. The van der Waals surface area contributed by atoms with Crippen LogP contribution in [0.1, 0.15) is 103 Å². The van der Waals surface area contributed by atoms with Gasteiger partial charge >= 0.3 is 12.1 Å². The number of carbonyl (C=O) groups is 3. The summed E-state index contributed by atoms with van der Waals surface area (Å²) in [6, 6.07) is 23.9. The molecule has 2 aromatic carbocycles. The molecule has 348 valence electrons. The molecule has 2 aliphatic heterocycles. The van der Waals surface area contributed by atoms with Crippen molar-refractivity contribution in [3.05, 3.63) is 71.8 Å². The molecule has 4 fully saturated rings. The lowest BCUT2D eigenvalue weighted by Crippen LogP contribution is -2.55. The molecule has 63 heavy (non-hydrogen) atoms. The molecule has 5 amide bonds. The van der Waals surface area contributed by atoms with Crippen LogP contribution in [0.25, 0.3) is 0 Å². The number of ether oxygens (including phenoxy) is 2. The zero-order valence-corrected chi connectivity index (χ0v) is 40.3. The SMILES string of the molecule is COCCCN1C(=O)N(CC(C)(C)C#N)CC12CCC(c1ccccc1)(N(C)C)CC2.COCCCN1C(=O)N(CC(C)(C)C(N)=O)CC12CCC(c1ccccc1)(N(C)C)CC2. The van der Waals surface area contributed by atoms with Gasteiger partial charge in [-0.15, -0.1) is 0 Å². The minimum Gasteiger partial charge on any atom is -0.385 e. The summed E-state index contributed by atoms with van der Waals surface area (Å²) in [4.78, 5) is 51.5. The molecule has 2 saturated heterocycles. The zero-order chi connectivity index (χ0) is 46.3. The van der Waals surface area contributed by atoms with E-state index in [2.05, 4.69) is 115 Å². The summed E-state index contributed by atoms with van der Waals surface area (Å²) in [5.41, 5.74) is 6.58. The summed E-state index contributed by atoms with van der Waals surface area (Å²) in [7, 11) is 12.0. The Morgan fingerprint density at radius 3 is 1.35 bits per heavy atom. The first-order chi connectivity index (χ1) is 29.8. The van der Waals surface area contributed by atoms with E-state index in [-0.39, 0.29) is 40.1 Å². The van der Waals surface area contributed by atoms with Crippen molar-refractivity contribution in [2.45, 2.75) is 114 Å². The van der Waals surface area contributed by atoms with Crippen LogP contribution in [-0.4, -0.2) is 153 Å². The lowest BCUT2D eigenvalue weighted by Gasteiger charge is -2.51. The number of amides is 5. The van der Waals surface area contributed by atoms with Crippen LogP contribution in [-0.2, 0) is 25.3 Å². The van der Waals surface area contributed by atoms with Gasteiger partial charge in [0, 0.05) is 77.8 Å². The minimum atomic E-state index is -0.758. The predicted octanol–water partition coefficient (Wildman–Crippen LogP) is 7.12. The van der Waals surface area contributed by atoms with E-state index in [0.717, 1.165) is 64.2 Å². The summed E-state index contributed by atoms with van der Waals surface area (Å²) in [5.74, 6) is -0.378. The van der Waals surface area contributed by atoms with Gasteiger partial charge in [0.25, 0.3) is 0 Å². The smallest absolute Gasteiger partial charge is 0.320 e. The fourth-order valence-electron chi connectivity index (χ4n) is 11.1. The number of rotatable bonds is 17. The second kappa shape index (κ2) is 20.3. The zero-order valence-electron chi connectivity index (χ0n) is 40.3. The number of hydrogen-bond donors (Lipinski definition) is 1. The van der Waals surface area contributed by atoms with Gasteiger partial charge in [0.15, 0.2) is 0 Å². The third kappa shape index (κ3) is 10.5. The van der Waals surface area contributed by atoms with E-state index in [4.69, 9.17) is 15.2 Å². The molecular formula is C50H78N8O5. The molecule has 6 rings (SSSR count). The number of carbonyl (C=O) groups excluding carboxylic acids is 3. The molecule has 2 N–H and O–H groups in total. The molecule has 13 heteroatoms. The third-order valence-electron chi connectivity index (χ3n) is 15.1. The molecule has 2 aliphatic carbocycles. The summed E-state index contributed by atoms with van der Waals surface area (Å²) >= 11 is 0. The van der Waals surface area contributed by atoms with E-state index in [1.54, 1.807) is 14.2 Å². The highest BCUT2D eigenvalue weighted by Crippen LogP contribution is 2.51. The average molecular weight is 871 g/mol. The van der Waals surface area contributed by atoms with Crippen molar-refractivity contribution < 1.29 is 23.9 Å². The number of primary amides is 1.